The summed E-state index contributed by atoms with van der Waals surface area (Å²) < 4.78 is 32.7. The molecular weight excluding hydrogens is 370 g/mol. The molecule has 26 heavy (non-hydrogen) atoms. The molecule has 0 bridgehead atoms. The normalized spacial score (nSPS) is 18.0. The number of anilines is 1. The minimum Gasteiger partial charge on any atom is -0.494 e. The topological polar surface area (TPSA) is 71.5 Å². The van der Waals surface area contributed by atoms with E-state index in [0.29, 0.717) is 25.5 Å². The Bertz CT molecular complexity index is 751. The molecule has 3 rings (SSSR count). The number of nitrogens with one attached hydrogen (secondary N) is 1. The number of aromatic nitrogens is 1. The van der Waals surface area contributed by atoms with Crippen molar-refractivity contribution in [2.45, 2.75) is 19.3 Å². The molecule has 6 nitrogen and oxygen atoms in total. The van der Waals surface area contributed by atoms with Crippen LogP contribution in [0.15, 0.2) is 41.9 Å². The molecular formula is C18H25N3O3S2. The van der Waals surface area contributed by atoms with Crippen LogP contribution < -0.4 is 14.4 Å². The van der Waals surface area contributed by atoms with Gasteiger partial charge in [-0.2, -0.15) is 0 Å². The van der Waals surface area contributed by atoms with Gasteiger partial charge in [0.05, 0.1) is 12.4 Å². The lowest BCUT2D eigenvalue weighted by Crippen LogP contribution is -2.41. The maximum Gasteiger partial charge on any atom is 0.211 e. The lowest BCUT2D eigenvalue weighted by Gasteiger charge is -2.32. The SMILES string of the molecule is O=S(=O)(CCCOc1ccccc1)NCC1CCCN(c2nccs2)C1. The van der Waals surface area contributed by atoms with E-state index < -0.39 is 10.0 Å². The zero-order chi connectivity index (χ0) is 18.2. The molecule has 0 spiro atoms. The Morgan fingerprint density at radius 2 is 2.15 bits per heavy atom. The summed E-state index contributed by atoms with van der Waals surface area (Å²) in [5, 5.41) is 3.00. The second-order valence-corrected chi connectivity index (χ2v) is 9.25. The number of ether oxygens (including phenoxy) is 1. The zero-order valence-corrected chi connectivity index (χ0v) is 16.3. The number of hydrogen-bond donors (Lipinski definition) is 1. The summed E-state index contributed by atoms with van der Waals surface area (Å²) in [5.74, 6) is 1.17. The van der Waals surface area contributed by atoms with Crippen LogP contribution in [0.4, 0.5) is 5.13 Å². The molecule has 8 heteroatoms. The predicted molar refractivity (Wildman–Crippen MR) is 105 cm³/mol. The highest BCUT2D eigenvalue weighted by atomic mass is 32.2. The summed E-state index contributed by atoms with van der Waals surface area (Å²) in [5.41, 5.74) is 0. The van der Waals surface area contributed by atoms with Crippen LogP contribution in [0, 0.1) is 5.92 Å². The van der Waals surface area contributed by atoms with Gasteiger partial charge in [0, 0.05) is 31.2 Å². The Balaban J connectivity index is 1.37. The van der Waals surface area contributed by atoms with Crippen LogP contribution in [0.3, 0.4) is 0 Å². The number of rotatable bonds is 9. The minimum absolute atomic E-state index is 0.0861. The summed E-state index contributed by atoms with van der Waals surface area (Å²) in [6, 6.07) is 9.44. The second kappa shape index (κ2) is 9.34. The fourth-order valence-corrected chi connectivity index (χ4v) is 4.86. The maximum absolute atomic E-state index is 12.2. The standard InChI is InChI=1S/C18H25N3O3S2/c22-26(23,13-5-11-24-17-7-2-1-3-8-17)20-14-16-6-4-10-21(15-16)18-19-9-12-25-18/h1-3,7-9,12,16,20H,4-6,10-11,13-15H2. The van der Waals surface area contributed by atoms with E-state index >= 15 is 0 Å². The van der Waals surface area contributed by atoms with Gasteiger partial charge in [-0.25, -0.2) is 18.1 Å². The smallest absolute Gasteiger partial charge is 0.211 e. The van der Waals surface area contributed by atoms with Gasteiger partial charge < -0.3 is 9.64 Å². The van der Waals surface area contributed by atoms with E-state index in [4.69, 9.17) is 4.74 Å². The van der Waals surface area contributed by atoms with Crippen LogP contribution in [-0.4, -0.2) is 45.4 Å². The third-order valence-corrected chi connectivity index (χ3v) is 6.63. The number of piperidine rings is 1. The van der Waals surface area contributed by atoms with E-state index in [2.05, 4.69) is 14.6 Å². The van der Waals surface area contributed by atoms with Gasteiger partial charge in [0.15, 0.2) is 5.13 Å². The first-order valence-electron chi connectivity index (χ1n) is 8.92. The van der Waals surface area contributed by atoms with Gasteiger partial charge in [-0.1, -0.05) is 18.2 Å². The number of thiazole rings is 1. The van der Waals surface area contributed by atoms with Gasteiger partial charge in [-0.3, -0.25) is 0 Å². The van der Waals surface area contributed by atoms with E-state index in [1.54, 1.807) is 11.3 Å². The first-order valence-corrected chi connectivity index (χ1v) is 11.5. The number of hydrogen-bond acceptors (Lipinski definition) is 6. The molecule has 1 N–H and O–H groups in total. The second-order valence-electron chi connectivity index (χ2n) is 6.45. The Labute approximate surface area is 159 Å². The summed E-state index contributed by atoms with van der Waals surface area (Å²) in [7, 11) is -3.27. The molecule has 1 aliphatic heterocycles. The van der Waals surface area contributed by atoms with E-state index in [9.17, 15) is 8.42 Å². The van der Waals surface area contributed by atoms with Crippen molar-refractivity contribution in [1.82, 2.24) is 9.71 Å². The molecule has 0 radical (unpaired) electrons. The Kier molecular flexibility index (Phi) is 6.87. The number of benzene rings is 1. The molecule has 1 atom stereocenters. The average molecular weight is 396 g/mol. The monoisotopic (exact) mass is 395 g/mol. The van der Waals surface area contributed by atoms with Crippen molar-refractivity contribution in [1.29, 1.82) is 0 Å². The highest BCUT2D eigenvalue weighted by molar-refractivity contribution is 7.89. The fraction of sp³-hybridized carbons (Fsp3) is 0.500. The quantitative estimate of drug-likeness (QED) is 0.661. The lowest BCUT2D eigenvalue weighted by molar-refractivity contribution is 0.317. The molecule has 1 aromatic carbocycles. The van der Waals surface area contributed by atoms with Crippen molar-refractivity contribution in [2.75, 3.05) is 36.9 Å². The molecule has 1 aromatic heterocycles. The first kappa shape index (κ1) is 19.1. The van der Waals surface area contributed by atoms with E-state index in [-0.39, 0.29) is 5.75 Å². The number of para-hydroxylation sites is 1. The Morgan fingerprint density at radius 1 is 1.31 bits per heavy atom. The van der Waals surface area contributed by atoms with Crippen molar-refractivity contribution in [3.63, 3.8) is 0 Å². The lowest BCUT2D eigenvalue weighted by atomic mass is 9.99. The molecule has 1 fully saturated rings. The van der Waals surface area contributed by atoms with E-state index in [0.717, 1.165) is 36.8 Å². The van der Waals surface area contributed by atoms with Crippen molar-refractivity contribution < 1.29 is 13.2 Å². The minimum atomic E-state index is -3.27. The summed E-state index contributed by atoms with van der Waals surface area (Å²) in [6.45, 7) is 2.73. The van der Waals surface area contributed by atoms with Crippen LogP contribution in [0.1, 0.15) is 19.3 Å². The van der Waals surface area contributed by atoms with Crippen LogP contribution >= 0.6 is 11.3 Å². The number of sulfonamides is 1. The maximum atomic E-state index is 12.2. The fourth-order valence-electron chi connectivity index (χ4n) is 3.05. The van der Waals surface area contributed by atoms with E-state index in [1.807, 2.05) is 41.9 Å². The molecule has 2 aromatic rings. The molecule has 0 saturated carbocycles. The van der Waals surface area contributed by atoms with Crippen LogP contribution in [-0.2, 0) is 10.0 Å². The Morgan fingerprint density at radius 3 is 2.92 bits per heavy atom. The number of nitrogens with zero attached hydrogens (tertiary/aromatic N) is 2. The van der Waals surface area contributed by atoms with Gasteiger partial charge in [0.25, 0.3) is 0 Å². The van der Waals surface area contributed by atoms with Gasteiger partial charge in [-0.05, 0) is 37.3 Å². The largest absolute Gasteiger partial charge is 0.494 e. The average Bonchev–Trinajstić information content (AvgIpc) is 3.20. The highest BCUT2D eigenvalue weighted by Crippen LogP contribution is 2.24. The van der Waals surface area contributed by atoms with Crippen LogP contribution in [0.25, 0.3) is 0 Å². The zero-order valence-electron chi connectivity index (χ0n) is 14.7. The van der Waals surface area contributed by atoms with Gasteiger partial charge in [0.2, 0.25) is 10.0 Å². The summed E-state index contributed by atoms with van der Waals surface area (Å²) in [6.07, 6.45) is 4.39. The molecule has 0 aliphatic carbocycles. The molecule has 1 unspecified atom stereocenters. The Hall–Kier alpha value is -1.64. The van der Waals surface area contributed by atoms with Crippen LogP contribution in [0.5, 0.6) is 5.75 Å². The van der Waals surface area contributed by atoms with Crippen molar-refractivity contribution in [3.8, 4) is 5.75 Å². The van der Waals surface area contributed by atoms with Crippen molar-refractivity contribution in [2.24, 2.45) is 5.92 Å². The molecule has 142 valence electrons. The predicted octanol–water partition coefficient (Wildman–Crippen LogP) is 2.75. The third kappa shape index (κ3) is 5.96. The van der Waals surface area contributed by atoms with Crippen molar-refractivity contribution >= 4 is 26.5 Å². The molecule has 1 aliphatic rings. The molecule has 0 amide bonds. The van der Waals surface area contributed by atoms with Crippen LogP contribution in [0.2, 0.25) is 0 Å². The van der Waals surface area contributed by atoms with Crippen molar-refractivity contribution in [3.05, 3.63) is 41.9 Å². The third-order valence-electron chi connectivity index (χ3n) is 4.37. The summed E-state index contributed by atoms with van der Waals surface area (Å²) in [4.78, 5) is 6.60. The van der Waals surface area contributed by atoms with Gasteiger partial charge in [-0.15, -0.1) is 11.3 Å². The molecule has 2 heterocycles. The molecule has 1 saturated heterocycles. The van der Waals surface area contributed by atoms with Gasteiger partial charge in [0.1, 0.15) is 5.75 Å². The van der Waals surface area contributed by atoms with Gasteiger partial charge >= 0.3 is 0 Å². The summed E-state index contributed by atoms with van der Waals surface area (Å²) >= 11 is 1.63. The first-order chi connectivity index (χ1) is 12.6. The highest BCUT2D eigenvalue weighted by Gasteiger charge is 2.23. The van der Waals surface area contributed by atoms with E-state index in [1.165, 1.54) is 0 Å².